The number of amides is 1. The van der Waals surface area contributed by atoms with Gasteiger partial charge in [-0.25, -0.2) is 18.3 Å². The van der Waals surface area contributed by atoms with Gasteiger partial charge in [0, 0.05) is 12.1 Å². The van der Waals surface area contributed by atoms with Gasteiger partial charge in [-0.2, -0.15) is 0 Å². The van der Waals surface area contributed by atoms with Crippen molar-refractivity contribution < 1.29 is 23.5 Å². The molecule has 1 aliphatic carbocycles. The molecule has 120 valence electrons. The summed E-state index contributed by atoms with van der Waals surface area (Å²) in [6.45, 7) is 1.21. The molecule has 7 nitrogen and oxygen atoms in total. The van der Waals surface area contributed by atoms with Gasteiger partial charge in [0.1, 0.15) is 5.41 Å². The van der Waals surface area contributed by atoms with Crippen LogP contribution in [0, 0.1) is 5.41 Å². The number of benzene rings is 1. The monoisotopic (exact) mass is 322 g/mol. The fourth-order valence-corrected chi connectivity index (χ4v) is 2.13. The molecule has 0 unspecified atom stereocenters. The molecule has 0 bridgehead atoms. The van der Waals surface area contributed by atoms with Gasteiger partial charge in [-0.1, -0.05) is 11.3 Å². The molecule has 0 radical (unpaired) electrons. The number of nitrogens with zero attached hydrogens (tertiary/aromatic N) is 3. The highest BCUT2D eigenvalue weighted by Gasteiger charge is 2.72. The minimum Gasteiger partial charge on any atom is -0.476 e. The summed E-state index contributed by atoms with van der Waals surface area (Å²) in [5, 5.41) is 18.4. The Hall–Kier alpha value is -2.84. The molecule has 23 heavy (non-hydrogen) atoms. The van der Waals surface area contributed by atoms with Crippen molar-refractivity contribution >= 4 is 17.6 Å². The summed E-state index contributed by atoms with van der Waals surface area (Å²) in [7, 11) is 0. The van der Waals surface area contributed by atoms with E-state index < -0.39 is 29.6 Å². The molecule has 1 saturated carbocycles. The quantitative estimate of drug-likeness (QED) is 0.896. The molecular weight excluding hydrogens is 310 g/mol. The molecule has 3 rings (SSSR count). The van der Waals surface area contributed by atoms with Crippen LogP contribution >= 0.6 is 0 Å². The van der Waals surface area contributed by atoms with Crippen LogP contribution in [0.1, 0.15) is 23.8 Å². The molecule has 0 aliphatic heterocycles. The normalized spacial score (nSPS) is 21.7. The Balaban J connectivity index is 1.80. The summed E-state index contributed by atoms with van der Waals surface area (Å²) in [5.74, 6) is -4.97. The Kier molecular flexibility index (Phi) is 3.17. The highest BCUT2D eigenvalue weighted by atomic mass is 19.3. The predicted octanol–water partition coefficient (Wildman–Crippen LogP) is 1.95. The zero-order valence-electron chi connectivity index (χ0n) is 12.0. The van der Waals surface area contributed by atoms with Crippen molar-refractivity contribution in [2.45, 2.75) is 19.3 Å². The van der Waals surface area contributed by atoms with E-state index in [0.29, 0.717) is 11.4 Å². The van der Waals surface area contributed by atoms with Gasteiger partial charge in [0.2, 0.25) is 5.91 Å². The second-order valence-electron chi connectivity index (χ2n) is 5.57. The molecule has 1 aliphatic rings. The number of anilines is 1. The minimum absolute atomic E-state index is 0.232. The molecule has 2 aromatic rings. The second kappa shape index (κ2) is 4.83. The number of aromatic nitrogens is 3. The third kappa shape index (κ3) is 2.54. The molecule has 0 saturated heterocycles. The number of rotatable bonds is 4. The van der Waals surface area contributed by atoms with Gasteiger partial charge in [0.05, 0.1) is 11.9 Å². The first-order chi connectivity index (χ1) is 10.7. The summed E-state index contributed by atoms with van der Waals surface area (Å²) >= 11 is 0. The van der Waals surface area contributed by atoms with E-state index in [1.54, 1.807) is 18.2 Å². The third-order valence-corrected chi connectivity index (χ3v) is 3.84. The zero-order chi connectivity index (χ0) is 16.8. The Morgan fingerprint density at radius 2 is 2.09 bits per heavy atom. The van der Waals surface area contributed by atoms with Crippen LogP contribution in [0.25, 0.3) is 5.69 Å². The highest BCUT2D eigenvalue weighted by Crippen LogP contribution is 2.60. The van der Waals surface area contributed by atoms with Crippen LogP contribution in [0.3, 0.4) is 0 Å². The SMILES string of the molecule is C[C@]1(C(=O)Nc2cccc(-n3cc(C(=O)O)nn3)c2)CC1(F)F. The Labute approximate surface area is 128 Å². The number of hydrogen-bond acceptors (Lipinski definition) is 4. The lowest BCUT2D eigenvalue weighted by Gasteiger charge is -2.12. The minimum atomic E-state index is -2.99. The maximum atomic E-state index is 13.2. The van der Waals surface area contributed by atoms with Crippen LogP contribution in [0.2, 0.25) is 0 Å². The van der Waals surface area contributed by atoms with Crippen LogP contribution in [0.15, 0.2) is 30.5 Å². The number of carbonyl (C=O) groups is 2. The average Bonchev–Trinajstić information content (AvgIpc) is 2.87. The lowest BCUT2D eigenvalue weighted by atomic mass is 10.1. The van der Waals surface area contributed by atoms with Crippen molar-refractivity contribution in [1.82, 2.24) is 15.0 Å². The van der Waals surface area contributed by atoms with Crippen molar-refractivity contribution in [2.75, 3.05) is 5.32 Å². The molecule has 9 heteroatoms. The molecular formula is C14H12F2N4O3. The van der Waals surface area contributed by atoms with E-state index in [9.17, 15) is 18.4 Å². The zero-order valence-corrected chi connectivity index (χ0v) is 12.0. The fraction of sp³-hybridized carbons (Fsp3) is 0.286. The lowest BCUT2D eigenvalue weighted by molar-refractivity contribution is -0.123. The maximum Gasteiger partial charge on any atom is 0.358 e. The molecule has 2 N–H and O–H groups in total. The van der Waals surface area contributed by atoms with Crippen LogP contribution < -0.4 is 5.32 Å². The third-order valence-electron chi connectivity index (χ3n) is 3.84. The van der Waals surface area contributed by atoms with Crippen LogP contribution in [0.4, 0.5) is 14.5 Å². The molecule has 1 heterocycles. The van der Waals surface area contributed by atoms with Crippen LogP contribution in [-0.2, 0) is 4.79 Å². The first-order valence-corrected chi connectivity index (χ1v) is 6.68. The first-order valence-electron chi connectivity index (χ1n) is 6.68. The van der Waals surface area contributed by atoms with E-state index in [2.05, 4.69) is 15.6 Å². The van der Waals surface area contributed by atoms with Gasteiger partial charge in [-0.15, -0.1) is 5.10 Å². The van der Waals surface area contributed by atoms with E-state index in [4.69, 9.17) is 5.11 Å². The molecule has 1 aromatic heterocycles. The Morgan fingerprint density at radius 3 is 2.65 bits per heavy atom. The number of halogens is 2. The smallest absolute Gasteiger partial charge is 0.358 e. The van der Waals surface area contributed by atoms with Gasteiger partial charge in [0.15, 0.2) is 5.69 Å². The summed E-state index contributed by atoms with van der Waals surface area (Å²) < 4.78 is 27.7. The standard InChI is InChI=1S/C14H12F2N4O3/c1-13(7-14(13,15)16)12(23)17-8-3-2-4-9(5-8)20-6-10(11(21)22)18-19-20/h2-6H,7H2,1H3,(H,17,23)(H,21,22)/t13-/m1/s1. The van der Waals surface area contributed by atoms with E-state index in [1.807, 2.05) is 0 Å². The number of carboxylic acids is 1. The van der Waals surface area contributed by atoms with Crippen molar-refractivity contribution in [3.8, 4) is 5.69 Å². The fourth-order valence-electron chi connectivity index (χ4n) is 2.13. The number of alkyl halides is 2. The van der Waals surface area contributed by atoms with Crippen molar-refractivity contribution in [3.05, 3.63) is 36.2 Å². The van der Waals surface area contributed by atoms with E-state index in [-0.39, 0.29) is 5.69 Å². The van der Waals surface area contributed by atoms with Crippen molar-refractivity contribution in [1.29, 1.82) is 0 Å². The summed E-state index contributed by atoms with van der Waals surface area (Å²) in [6.07, 6.45) is 0.732. The number of aromatic carboxylic acids is 1. The average molecular weight is 322 g/mol. The molecule has 1 fully saturated rings. The van der Waals surface area contributed by atoms with Gasteiger partial charge in [0.25, 0.3) is 5.92 Å². The van der Waals surface area contributed by atoms with Crippen molar-refractivity contribution in [2.24, 2.45) is 5.41 Å². The van der Waals surface area contributed by atoms with Crippen LogP contribution in [-0.4, -0.2) is 37.9 Å². The number of carbonyl (C=O) groups excluding carboxylic acids is 1. The molecule has 1 atom stereocenters. The Morgan fingerprint density at radius 1 is 1.39 bits per heavy atom. The van der Waals surface area contributed by atoms with Crippen LogP contribution in [0.5, 0.6) is 0 Å². The van der Waals surface area contributed by atoms with E-state index in [0.717, 1.165) is 0 Å². The maximum absolute atomic E-state index is 13.2. The molecule has 1 aromatic carbocycles. The second-order valence-corrected chi connectivity index (χ2v) is 5.57. The lowest BCUT2D eigenvalue weighted by Crippen LogP contribution is -2.26. The summed E-state index contributed by atoms with van der Waals surface area (Å²) in [6, 6.07) is 6.23. The van der Waals surface area contributed by atoms with Gasteiger partial charge in [-0.05, 0) is 25.1 Å². The Bertz CT molecular complexity index is 805. The summed E-state index contributed by atoms with van der Waals surface area (Å²) in [4.78, 5) is 22.7. The highest BCUT2D eigenvalue weighted by molar-refractivity contribution is 5.98. The van der Waals surface area contributed by atoms with E-state index >= 15 is 0 Å². The van der Waals surface area contributed by atoms with Gasteiger partial charge in [-0.3, -0.25) is 4.79 Å². The van der Waals surface area contributed by atoms with Gasteiger partial charge < -0.3 is 10.4 Å². The number of hydrogen-bond donors (Lipinski definition) is 2. The van der Waals surface area contributed by atoms with E-state index in [1.165, 1.54) is 23.9 Å². The van der Waals surface area contributed by atoms with Gasteiger partial charge >= 0.3 is 5.97 Å². The first kappa shape index (κ1) is 15.1. The molecule has 1 amide bonds. The summed E-state index contributed by atoms with van der Waals surface area (Å²) in [5.41, 5.74) is -1.17. The number of carboxylic acid groups (broad SMARTS) is 1. The largest absolute Gasteiger partial charge is 0.476 e. The number of nitrogens with one attached hydrogen (secondary N) is 1. The topological polar surface area (TPSA) is 97.1 Å². The predicted molar refractivity (Wildman–Crippen MR) is 74.6 cm³/mol. The molecule has 0 spiro atoms. The van der Waals surface area contributed by atoms with Crippen molar-refractivity contribution in [3.63, 3.8) is 0 Å².